The maximum Gasteiger partial charge on any atom is 0.344 e. The monoisotopic (exact) mass is 650 g/mol. The number of fused-ring (bicyclic) bond motifs is 1. The van der Waals surface area contributed by atoms with Crippen LogP contribution in [0.2, 0.25) is 0 Å². The number of ether oxygens (including phenoxy) is 1. The van der Waals surface area contributed by atoms with Gasteiger partial charge in [0.15, 0.2) is 0 Å². The van der Waals surface area contributed by atoms with E-state index in [1.807, 2.05) is 6.07 Å². The van der Waals surface area contributed by atoms with Gasteiger partial charge in [0.2, 0.25) is 0 Å². The van der Waals surface area contributed by atoms with E-state index in [-0.39, 0.29) is 39.2 Å². The first-order valence-corrected chi connectivity index (χ1v) is 16.3. The molecule has 11 nitrogen and oxygen atoms in total. The fourth-order valence-corrected chi connectivity index (χ4v) is 7.61. The Morgan fingerprint density at radius 3 is 2.39 bits per heavy atom. The van der Waals surface area contributed by atoms with Crippen molar-refractivity contribution in [2.75, 3.05) is 45.9 Å². The fraction of sp³-hybridized carbons (Fsp3) is 0.344. The Hall–Kier alpha value is -4.58. The molecule has 2 saturated heterocycles. The Kier molecular flexibility index (Phi) is 8.90. The number of nitrogens with one attached hydrogen (secondary N) is 1. The summed E-state index contributed by atoms with van der Waals surface area (Å²) in [5.41, 5.74) is -0.237. The number of imidazole rings is 1. The highest BCUT2D eigenvalue weighted by atomic mass is 32.2. The summed E-state index contributed by atoms with van der Waals surface area (Å²) >= 11 is 0. The summed E-state index contributed by atoms with van der Waals surface area (Å²) < 4.78 is 60.0. The van der Waals surface area contributed by atoms with E-state index in [1.54, 1.807) is 35.2 Å². The van der Waals surface area contributed by atoms with Crippen molar-refractivity contribution in [2.45, 2.75) is 29.8 Å². The number of amides is 1. The molecule has 0 spiro atoms. The lowest BCUT2D eigenvalue weighted by Gasteiger charge is -2.33. The molecule has 46 heavy (non-hydrogen) atoms. The average Bonchev–Trinajstić information content (AvgIpc) is 3.68. The molecule has 6 rings (SSSR count). The van der Waals surface area contributed by atoms with Gasteiger partial charge in [-0.2, -0.15) is 9.23 Å². The van der Waals surface area contributed by atoms with E-state index < -0.39 is 34.8 Å². The quantitative estimate of drug-likeness (QED) is 0.293. The van der Waals surface area contributed by atoms with Gasteiger partial charge < -0.3 is 15.0 Å². The van der Waals surface area contributed by atoms with Gasteiger partial charge in [0.05, 0.1) is 27.6 Å². The van der Waals surface area contributed by atoms with E-state index in [0.29, 0.717) is 22.6 Å². The Bertz CT molecular complexity index is 1930. The highest BCUT2D eigenvalue weighted by Gasteiger charge is 2.38. The van der Waals surface area contributed by atoms with Crippen LogP contribution < -0.4 is 15.7 Å². The third-order valence-corrected chi connectivity index (χ3v) is 10.2. The zero-order valence-electron chi connectivity index (χ0n) is 24.8. The molecule has 3 aromatic carbocycles. The van der Waals surface area contributed by atoms with Crippen LogP contribution in [0.1, 0.15) is 23.6 Å². The molecule has 240 valence electrons. The van der Waals surface area contributed by atoms with Gasteiger partial charge in [-0.1, -0.05) is 30.3 Å². The number of carbonyl (C=O) groups is 1. The van der Waals surface area contributed by atoms with E-state index in [2.05, 4.69) is 10.2 Å². The lowest BCUT2D eigenvalue weighted by molar-refractivity contribution is -0.132. The number of halogens is 2. The molecule has 1 aromatic heterocycles. The summed E-state index contributed by atoms with van der Waals surface area (Å²) in [6, 6.07) is 18.6. The minimum absolute atomic E-state index is 0.0177. The molecule has 3 heterocycles. The molecule has 0 aliphatic carbocycles. The predicted octanol–water partition coefficient (Wildman–Crippen LogP) is 2.65. The summed E-state index contributed by atoms with van der Waals surface area (Å²) in [7, 11) is -4.57. The lowest BCUT2D eigenvalue weighted by Crippen LogP contribution is -2.49. The van der Waals surface area contributed by atoms with Crippen LogP contribution in [-0.4, -0.2) is 91.0 Å². The van der Waals surface area contributed by atoms with Gasteiger partial charge in [0.25, 0.3) is 22.4 Å². The van der Waals surface area contributed by atoms with Gasteiger partial charge in [-0.25, -0.2) is 22.0 Å². The summed E-state index contributed by atoms with van der Waals surface area (Å²) in [5, 5.41) is 13.0. The molecule has 14 heteroatoms. The largest absolute Gasteiger partial charge is 0.488 e. The molecule has 0 bridgehead atoms. The third kappa shape index (κ3) is 6.01. The fourth-order valence-electron chi connectivity index (χ4n) is 6.21. The molecule has 4 aromatic rings. The standard InChI is InChI=1S/C32H32F2N6O5S/c33-29(34)21-45-25-7-9-26(10-8-25)46(43,44)40-27-11-6-22(19-35)18-28(27)39(32(40)42)30(23-4-2-1-3-5-23)31(41)38-15-12-24(20-38)37-16-13-36-14-17-37/h1-11,18,24,29-30,36H,12-17,20-21H2/t24-,30?/m0/s1. The number of carbonyl (C=O) groups excluding carboxylic acids is 1. The van der Waals surface area contributed by atoms with Crippen molar-refractivity contribution in [1.82, 2.24) is 23.7 Å². The number of benzene rings is 3. The van der Waals surface area contributed by atoms with Gasteiger partial charge in [-0.15, -0.1) is 0 Å². The second-order valence-electron chi connectivity index (χ2n) is 11.2. The summed E-state index contributed by atoms with van der Waals surface area (Å²) in [4.78, 5) is 32.6. The van der Waals surface area contributed by atoms with Crippen LogP contribution in [0.3, 0.4) is 0 Å². The second-order valence-corrected chi connectivity index (χ2v) is 13.0. The van der Waals surface area contributed by atoms with Crippen LogP contribution in [0.15, 0.2) is 82.5 Å². The first-order valence-electron chi connectivity index (χ1n) is 14.9. The van der Waals surface area contributed by atoms with Crippen LogP contribution in [0, 0.1) is 11.3 Å². The summed E-state index contributed by atoms with van der Waals surface area (Å²) in [6.07, 6.45) is -1.94. The lowest BCUT2D eigenvalue weighted by atomic mass is 10.0. The van der Waals surface area contributed by atoms with E-state index in [1.165, 1.54) is 30.3 Å². The third-order valence-electron chi connectivity index (χ3n) is 8.45. The Morgan fingerprint density at radius 2 is 1.72 bits per heavy atom. The molecule has 1 amide bonds. The SMILES string of the molecule is N#Cc1ccc2c(c1)n(C(C(=O)N1CC[C@H](N3CCNCC3)C1)c1ccccc1)c(=O)n2S(=O)(=O)c1ccc(OCC(F)F)cc1. The molecule has 1 N–H and O–H groups in total. The van der Waals surface area contributed by atoms with Crippen molar-refractivity contribution in [3.05, 3.63) is 94.4 Å². The van der Waals surface area contributed by atoms with Crippen LogP contribution >= 0.6 is 0 Å². The minimum atomic E-state index is -4.57. The normalized spacial score (nSPS) is 18.1. The molecule has 2 fully saturated rings. The molecule has 0 saturated carbocycles. The molecule has 1 unspecified atom stereocenters. The van der Waals surface area contributed by atoms with Crippen LogP contribution in [0.5, 0.6) is 5.75 Å². The van der Waals surface area contributed by atoms with Crippen molar-refractivity contribution in [1.29, 1.82) is 5.26 Å². The van der Waals surface area contributed by atoms with E-state index in [4.69, 9.17) is 4.74 Å². The molecule has 2 aliphatic heterocycles. The molecule has 2 aliphatic rings. The molecular formula is C32H32F2N6O5S. The average molecular weight is 651 g/mol. The van der Waals surface area contributed by atoms with Crippen LogP contribution in [0.4, 0.5) is 8.78 Å². The first kappa shape index (κ1) is 31.4. The second kappa shape index (κ2) is 13.0. The highest BCUT2D eigenvalue weighted by Crippen LogP contribution is 2.30. The van der Waals surface area contributed by atoms with Crippen molar-refractivity contribution >= 4 is 27.0 Å². The highest BCUT2D eigenvalue weighted by molar-refractivity contribution is 7.90. The maximum atomic E-state index is 14.4. The van der Waals surface area contributed by atoms with Gasteiger partial charge >= 0.3 is 5.69 Å². The van der Waals surface area contributed by atoms with Gasteiger partial charge in [-0.3, -0.25) is 14.3 Å². The minimum Gasteiger partial charge on any atom is -0.488 e. The Morgan fingerprint density at radius 1 is 1.00 bits per heavy atom. The smallest absolute Gasteiger partial charge is 0.344 e. The van der Waals surface area contributed by atoms with E-state index in [9.17, 15) is 32.0 Å². The van der Waals surface area contributed by atoms with Gasteiger partial charge in [-0.05, 0) is 54.4 Å². The van der Waals surface area contributed by atoms with Crippen LogP contribution in [0.25, 0.3) is 11.0 Å². The maximum absolute atomic E-state index is 14.4. The number of nitriles is 1. The summed E-state index contributed by atoms with van der Waals surface area (Å²) in [5.74, 6) is -0.322. The van der Waals surface area contributed by atoms with Gasteiger partial charge in [0, 0.05) is 45.3 Å². The summed E-state index contributed by atoms with van der Waals surface area (Å²) in [6.45, 7) is 3.57. The topological polar surface area (TPSA) is 130 Å². The zero-order chi connectivity index (χ0) is 32.4. The number of hydrogen-bond acceptors (Lipinski definition) is 8. The molecule has 2 atom stereocenters. The molecule has 0 radical (unpaired) electrons. The number of piperazine rings is 1. The number of nitrogens with zero attached hydrogens (tertiary/aromatic N) is 5. The van der Waals surface area contributed by atoms with Crippen LogP contribution in [-0.2, 0) is 14.8 Å². The number of alkyl halides is 2. The Balaban J connectivity index is 1.46. The van der Waals surface area contributed by atoms with Gasteiger partial charge in [0.1, 0.15) is 18.4 Å². The number of aromatic nitrogens is 2. The molecular weight excluding hydrogens is 618 g/mol. The van der Waals surface area contributed by atoms with Crippen molar-refractivity contribution in [2.24, 2.45) is 0 Å². The number of rotatable bonds is 9. The number of likely N-dealkylation sites (tertiary alicyclic amines) is 1. The Labute approximate surface area is 264 Å². The van der Waals surface area contributed by atoms with E-state index in [0.717, 1.165) is 49.3 Å². The van der Waals surface area contributed by atoms with E-state index >= 15 is 0 Å². The first-order chi connectivity index (χ1) is 22.2. The number of hydrogen-bond donors (Lipinski definition) is 1. The van der Waals surface area contributed by atoms with Crippen molar-refractivity contribution < 1.29 is 26.7 Å². The van der Waals surface area contributed by atoms with Crippen molar-refractivity contribution in [3.63, 3.8) is 0 Å². The zero-order valence-corrected chi connectivity index (χ0v) is 25.6. The van der Waals surface area contributed by atoms with Crippen molar-refractivity contribution in [3.8, 4) is 11.8 Å². The predicted molar refractivity (Wildman–Crippen MR) is 165 cm³/mol.